The number of carbonyl (C=O) groups excluding carboxylic acids is 2. The highest BCUT2D eigenvalue weighted by atomic mass is 32.2. The molecular weight excluding hydrogens is 354 g/mol. The van der Waals surface area contributed by atoms with E-state index in [2.05, 4.69) is 35.6 Å². The Labute approximate surface area is 164 Å². The Kier molecular flexibility index (Phi) is 6.66. The number of fused-ring (bicyclic) bond motifs is 1. The first-order chi connectivity index (χ1) is 13.1. The van der Waals surface area contributed by atoms with Crippen molar-refractivity contribution in [2.75, 3.05) is 12.3 Å². The number of nitrogens with one attached hydrogen (secondary N) is 1. The summed E-state index contributed by atoms with van der Waals surface area (Å²) in [4.78, 5) is 24.4. The van der Waals surface area contributed by atoms with Crippen LogP contribution in [0.15, 0.2) is 71.6 Å². The smallest absolute Gasteiger partial charge is 0.216 e. The van der Waals surface area contributed by atoms with Crippen molar-refractivity contribution in [3.05, 3.63) is 77.9 Å². The second kappa shape index (κ2) is 9.38. The van der Waals surface area contributed by atoms with E-state index in [-0.39, 0.29) is 11.7 Å². The minimum Gasteiger partial charge on any atom is -0.356 e. The van der Waals surface area contributed by atoms with Crippen molar-refractivity contribution >= 4 is 34.2 Å². The minimum atomic E-state index is -0.000131. The number of ketones is 1. The number of amides is 1. The molecule has 3 nitrogen and oxygen atoms in total. The molecule has 0 aliphatic carbocycles. The summed E-state index contributed by atoms with van der Waals surface area (Å²) in [6.07, 6.45) is 1.78. The first-order valence-corrected chi connectivity index (χ1v) is 10.1. The Bertz CT molecular complexity index is 935. The quantitative estimate of drug-likeness (QED) is 0.346. The maximum absolute atomic E-state index is 12.5. The lowest BCUT2D eigenvalue weighted by Crippen LogP contribution is -2.21. The summed E-state index contributed by atoms with van der Waals surface area (Å²) in [6.45, 7) is 2.20. The standard InChI is InChI=1S/C23H23NO2S/c1-17(25)24-14-4-5-18-8-10-20(11-9-18)23(26)16-27-22-13-12-19-6-2-3-7-21(19)15-22/h2-3,6-13,15H,4-5,14,16H2,1H3,(H,24,25). The van der Waals surface area contributed by atoms with Gasteiger partial charge in [0.2, 0.25) is 5.91 Å². The van der Waals surface area contributed by atoms with Gasteiger partial charge in [-0.3, -0.25) is 9.59 Å². The largest absolute Gasteiger partial charge is 0.356 e. The van der Waals surface area contributed by atoms with Gasteiger partial charge in [0, 0.05) is 23.9 Å². The van der Waals surface area contributed by atoms with Crippen LogP contribution < -0.4 is 5.32 Å². The summed E-state index contributed by atoms with van der Waals surface area (Å²) in [7, 11) is 0. The fraction of sp³-hybridized carbons (Fsp3) is 0.217. The van der Waals surface area contributed by atoms with Crippen molar-refractivity contribution in [3.8, 4) is 0 Å². The molecule has 0 saturated heterocycles. The van der Waals surface area contributed by atoms with Crippen LogP contribution in [0, 0.1) is 0 Å². The van der Waals surface area contributed by atoms with Gasteiger partial charge in [0.25, 0.3) is 0 Å². The molecule has 0 saturated carbocycles. The van der Waals surface area contributed by atoms with Crippen LogP contribution >= 0.6 is 11.8 Å². The molecule has 27 heavy (non-hydrogen) atoms. The van der Waals surface area contributed by atoms with Crippen molar-refractivity contribution < 1.29 is 9.59 Å². The highest BCUT2D eigenvalue weighted by Gasteiger charge is 2.07. The van der Waals surface area contributed by atoms with Crippen molar-refractivity contribution in [2.45, 2.75) is 24.7 Å². The molecule has 3 aromatic rings. The van der Waals surface area contributed by atoms with Gasteiger partial charge in [0.05, 0.1) is 5.75 Å². The summed E-state index contributed by atoms with van der Waals surface area (Å²) in [6, 6.07) is 22.3. The zero-order chi connectivity index (χ0) is 19.1. The Balaban J connectivity index is 1.52. The van der Waals surface area contributed by atoms with E-state index in [0.29, 0.717) is 12.3 Å². The number of rotatable bonds is 8. The highest BCUT2D eigenvalue weighted by Crippen LogP contribution is 2.24. The molecule has 4 heteroatoms. The molecule has 138 valence electrons. The maximum atomic E-state index is 12.5. The first kappa shape index (κ1) is 19.2. The maximum Gasteiger partial charge on any atom is 0.216 e. The molecule has 0 aromatic heterocycles. The summed E-state index contributed by atoms with van der Waals surface area (Å²) < 4.78 is 0. The number of carbonyl (C=O) groups is 2. The third kappa shape index (κ3) is 5.69. The molecule has 1 amide bonds. The number of aryl methyl sites for hydroxylation is 1. The third-order valence-corrected chi connectivity index (χ3v) is 5.38. The molecule has 0 spiro atoms. The van der Waals surface area contributed by atoms with Crippen LogP contribution in [0.5, 0.6) is 0 Å². The second-order valence-electron chi connectivity index (χ2n) is 6.50. The predicted molar refractivity (Wildman–Crippen MR) is 112 cm³/mol. The molecule has 0 atom stereocenters. The van der Waals surface area contributed by atoms with Gasteiger partial charge in [0.15, 0.2) is 5.78 Å². The van der Waals surface area contributed by atoms with E-state index in [1.54, 1.807) is 11.8 Å². The van der Waals surface area contributed by atoms with Crippen molar-refractivity contribution in [2.24, 2.45) is 0 Å². The molecule has 0 aliphatic rings. The lowest BCUT2D eigenvalue weighted by Gasteiger charge is -2.06. The SMILES string of the molecule is CC(=O)NCCCc1ccc(C(=O)CSc2ccc3ccccc3c2)cc1. The average Bonchev–Trinajstić information content (AvgIpc) is 2.69. The zero-order valence-corrected chi connectivity index (χ0v) is 16.2. The molecule has 0 bridgehead atoms. The van der Waals surface area contributed by atoms with E-state index in [9.17, 15) is 9.59 Å². The molecule has 0 fully saturated rings. The number of hydrogen-bond acceptors (Lipinski definition) is 3. The normalized spacial score (nSPS) is 10.7. The summed E-state index contributed by atoms with van der Waals surface area (Å²) in [5.41, 5.74) is 1.92. The summed E-state index contributed by atoms with van der Waals surface area (Å²) in [5.74, 6) is 0.568. The molecular formula is C23H23NO2S. The Morgan fingerprint density at radius 3 is 2.41 bits per heavy atom. The van der Waals surface area contributed by atoms with Crippen LogP contribution in [0.3, 0.4) is 0 Å². The fourth-order valence-corrected chi connectivity index (χ4v) is 3.74. The fourth-order valence-electron chi connectivity index (χ4n) is 2.90. The highest BCUT2D eigenvalue weighted by molar-refractivity contribution is 8.00. The van der Waals surface area contributed by atoms with Gasteiger partial charge in [-0.25, -0.2) is 0 Å². The van der Waals surface area contributed by atoms with Crippen molar-refractivity contribution in [1.82, 2.24) is 5.32 Å². The van der Waals surface area contributed by atoms with E-state index >= 15 is 0 Å². The zero-order valence-electron chi connectivity index (χ0n) is 15.4. The number of thioether (sulfide) groups is 1. The summed E-state index contributed by atoms with van der Waals surface area (Å²) in [5, 5.41) is 5.20. The van der Waals surface area contributed by atoms with E-state index in [1.165, 1.54) is 23.3 Å². The summed E-state index contributed by atoms with van der Waals surface area (Å²) >= 11 is 1.57. The molecule has 0 aliphatic heterocycles. The van der Waals surface area contributed by atoms with Crippen LogP contribution in [-0.2, 0) is 11.2 Å². The molecule has 1 N–H and O–H groups in total. The van der Waals surface area contributed by atoms with Gasteiger partial charge in [-0.05, 0) is 41.3 Å². The Hall–Kier alpha value is -2.59. The van der Waals surface area contributed by atoms with Crippen molar-refractivity contribution in [1.29, 1.82) is 0 Å². The van der Waals surface area contributed by atoms with Crippen LogP contribution in [0.25, 0.3) is 10.8 Å². The van der Waals surface area contributed by atoms with Crippen molar-refractivity contribution in [3.63, 3.8) is 0 Å². The third-order valence-electron chi connectivity index (χ3n) is 4.38. The van der Waals surface area contributed by atoms with Gasteiger partial charge in [0.1, 0.15) is 0 Å². The van der Waals surface area contributed by atoms with E-state index < -0.39 is 0 Å². The number of Topliss-reactive ketones (excluding diaryl/α,β-unsaturated/α-hetero) is 1. The molecule has 0 radical (unpaired) electrons. The molecule has 3 rings (SSSR count). The van der Waals surface area contributed by atoms with Crippen LogP contribution in [0.2, 0.25) is 0 Å². The monoisotopic (exact) mass is 377 g/mol. The molecule has 0 unspecified atom stereocenters. The van der Waals surface area contributed by atoms with Crippen LogP contribution in [0.4, 0.5) is 0 Å². The minimum absolute atomic E-state index is 0.000131. The van der Waals surface area contributed by atoms with Gasteiger partial charge >= 0.3 is 0 Å². The van der Waals surface area contributed by atoms with E-state index in [1.807, 2.05) is 36.4 Å². The molecule has 0 heterocycles. The average molecular weight is 378 g/mol. The Morgan fingerprint density at radius 2 is 1.67 bits per heavy atom. The van der Waals surface area contributed by atoms with Gasteiger partial charge < -0.3 is 5.32 Å². The predicted octanol–water partition coefficient (Wildman–Crippen LogP) is 4.88. The van der Waals surface area contributed by atoms with Gasteiger partial charge in [-0.1, -0.05) is 54.6 Å². The Morgan fingerprint density at radius 1 is 0.926 bits per heavy atom. The number of benzene rings is 3. The van der Waals surface area contributed by atoms with Crippen LogP contribution in [-0.4, -0.2) is 24.0 Å². The van der Waals surface area contributed by atoms with Gasteiger partial charge in [-0.2, -0.15) is 0 Å². The van der Waals surface area contributed by atoms with E-state index in [4.69, 9.17) is 0 Å². The lowest BCUT2D eigenvalue weighted by atomic mass is 10.1. The topological polar surface area (TPSA) is 46.2 Å². The first-order valence-electron chi connectivity index (χ1n) is 9.10. The molecule has 3 aromatic carbocycles. The second-order valence-corrected chi connectivity index (χ2v) is 7.55. The van der Waals surface area contributed by atoms with Gasteiger partial charge in [-0.15, -0.1) is 11.8 Å². The lowest BCUT2D eigenvalue weighted by molar-refractivity contribution is -0.118. The van der Waals surface area contributed by atoms with E-state index in [0.717, 1.165) is 23.3 Å². The number of hydrogen-bond donors (Lipinski definition) is 1. The van der Waals surface area contributed by atoms with Crippen LogP contribution in [0.1, 0.15) is 29.3 Å².